The molecular formula is C16H22BrNO2. The Kier molecular flexibility index (Phi) is 5.22. The van der Waals surface area contributed by atoms with E-state index in [1.165, 1.54) is 25.7 Å². The lowest BCUT2D eigenvalue weighted by molar-refractivity contribution is 0.0696. The molecule has 1 aliphatic carbocycles. The van der Waals surface area contributed by atoms with Crippen molar-refractivity contribution in [1.82, 2.24) is 4.90 Å². The van der Waals surface area contributed by atoms with Gasteiger partial charge in [0.15, 0.2) is 0 Å². The molecule has 4 heteroatoms. The maximum Gasteiger partial charge on any atom is 0.335 e. The first kappa shape index (κ1) is 15.5. The third-order valence-electron chi connectivity index (χ3n) is 4.35. The molecule has 0 saturated heterocycles. The second kappa shape index (κ2) is 6.72. The van der Waals surface area contributed by atoms with E-state index in [1.54, 1.807) is 12.1 Å². The summed E-state index contributed by atoms with van der Waals surface area (Å²) in [6.45, 7) is 3.19. The van der Waals surface area contributed by atoms with E-state index in [-0.39, 0.29) is 0 Å². The largest absolute Gasteiger partial charge is 0.478 e. The molecule has 0 heterocycles. The number of aromatic carboxylic acids is 1. The lowest BCUT2D eigenvalue weighted by Crippen LogP contribution is -2.38. The molecule has 2 atom stereocenters. The SMILES string of the molecule is CC1CCCCC1N(C)Cc1ccc(C(=O)O)cc1Br. The van der Waals surface area contributed by atoms with E-state index in [0.717, 1.165) is 22.5 Å². The van der Waals surface area contributed by atoms with Crippen LogP contribution in [0.25, 0.3) is 0 Å². The highest BCUT2D eigenvalue weighted by Gasteiger charge is 2.25. The van der Waals surface area contributed by atoms with Gasteiger partial charge in [0, 0.05) is 17.1 Å². The quantitative estimate of drug-likeness (QED) is 0.895. The smallest absolute Gasteiger partial charge is 0.335 e. The summed E-state index contributed by atoms with van der Waals surface area (Å²) in [6.07, 6.45) is 5.25. The molecule has 3 nitrogen and oxygen atoms in total. The molecule has 1 N–H and O–H groups in total. The van der Waals surface area contributed by atoms with Crippen LogP contribution in [0.3, 0.4) is 0 Å². The number of benzene rings is 1. The summed E-state index contributed by atoms with van der Waals surface area (Å²) in [7, 11) is 2.17. The van der Waals surface area contributed by atoms with Crippen molar-refractivity contribution >= 4 is 21.9 Å². The van der Waals surface area contributed by atoms with Gasteiger partial charge in [0.25, 0.3) is 0 Å². The minimum Gasteiger partial charge on any atom is -0.478 e. The van der Waals surface area contributed by atoms with E-state index >= 15 is 0 Å². The van der Waals surface area contributed by atoms with Crippen LogP contribution < -0.4 is 0 Å². The zero-order chi connectivity index (χ0) is 14.7. The molecule has 20 heavy (non-hydrogen) atoms. The van der Waals surface area contributed by atoms with Crippen molar-refractivity contribution in [2.75, 3.05) is 7.05 Å². The van der Waals surface area contributed by atoms with E-state index in [4.69, 9.17) is 5.11 Å². The first-order valence-electron chi connectivity index (χ1n) is 7.21. The fourth-order valence-corrected chi connectivity index (χ4v) is 3.65. The van der Waals surface area contributed by atoms with E-state index < -0.39 is 5.97 Å². The first-order chi connectivity index (χ1) is 9.49. The van der Waals surface area contributed by atoms with Crippen LogP contribution >= 0.6 is 15.9 Å². The Morgan fingerprint density at radius 3 is 2.70 bits per heavy atom. The zero-order valence-corrected chi connectivity index (χ0v) is 13.7. The van der Waals surface area contributed by atoms with E-state index in [0.29, 0.717) is 11.6 Å². The second-order valence-corrected chi connectivity index (χ2v) is 6.71. The molecule has 1 aromatic rings. The highest BCUT2D eigenvalue weighted by Crippen LogP contribution is 2.29. The summed E-state index contributed by atoms with van der Waals surface area (Å²) >= 11 is 3.49. The van der Waals surface area contributed by atoms with Gasteiger partial charge in [-0.15, -0.1) is 0 Å². The normalized spacial score (nSPS) is 23.0. The average Bonchev–Trinajstić information content (AvgIpc) is 2.41. The van der Waals surface area contributed by atoms with Crippen molar-refractivity contribution in [1.29, 1.82) is 0 Å². The van der Waals surface area contributed by atoms with Crippen molar-refractivity contribution < 1.29 is 9.90 Å². The number of nitrogens with zero attached hydrogens (tertiary/aromatic N) is 1. The average molecular weight is 340 g/mol. The van der Waals surface area contributed by atoms with Crippen LogP contribution in [0.4, 0.5) is 0 Å². The van der Waals surface area contributed by atoms with Gasteiger partial charge < -0.3 is 5.11 Å². The Balaban J connectivity index is 2.07. The van der Waals surface area contributed by atoms with Crippen LogP contribution in [0, 0.1) is 5.92 Å². The van der Waals surface area contributed by atoms with Gasteiger partial charge in [0.1, 0.15) is 0 Å². The van der Waals surface area contributed by atoms with E-state index in [9.17, 15) is 4.79 Å². The van der Waals surface area contributed by atoms with Gasteiger partial charge in [-0.2, -0.15) is 0 Å². The van der Waals surface area contributed by atoms with Crippen molar-refractivity contribution in [3.63, 3.8) is 0 Å². The van der Waals surface area contributed by atoms with Gasteiger partial charge in [-0.3, -0.25) is 4.90 Å². The molecule has 1 aliphatic rings. The van der Waals surface area contributed by atoms with Gasteiger partial charge in [-0.1, -0.05) is 41.8 Å². The monoisotopic (exact) mass is 339 g/mol. The van der Waals surface area contributed by atoms with Crippen molar-refractivity contribution in [2.45, 2.75) is 45.2 Å². The van der Waals surface area contributed by atoms with Gasteiger partial charge in [0.2, 0.25) is 0 Å². The van der Waals surface area contributed by atoms with Crippen molar-refractivity contribution in [3.8, 4) is 0 Å². The molecule has 0 amide bonds. The number of halogens is 1. The van der Waals surface area contributed by atoms with Crippen LogP contribution in [0.15, 0.2) is 22.7 Å². The fraction of sp³-hybridized carbons (Fsp3) is 0.562. The van der Waals surface area contributed by atoms with Crippen molar-refractivity contribution in [3.05, 3.63) is 33.8 Å². The topological polar surface area (TPSA) is 40.5 Å². The number of hydrogen-bond acceptors (Lipinski definition) is 2. The summed E-state index contributed by atoms with van der Waals surface area (Å²) in [5.41, 5.74) is 1.48. The van der Waals surface area contributed by atoms with Crippen LogP contribution in [0.1, 0.15) is 48.5 Å². The summed E-state index contributed by atoms with van der Waals surface area (Å²) in [5, 5.41) is 8.99. The van der Waals surface area contributed by atoms with Gasteiger partial charge >= 0.3 is 5.97 Å². The van der Waals surface area contributed by atoms with E-state index in [2.05, 4.69) is 34.8 Å². The highest BCUT2D eigenvalue weighted by molar-refractivity contribution is 9.10. The molecule has 0 aromatic heterocycles. The Bertz CT molecular complexity index is 489. The van der Waals surface area contributed by atoms with Crippen LogP contribution in [0.5, 0.6) is 0 Å². The predicted molar refractivity (Wildman–Crippen MR) is 84.0 cm³/mol. The third kappa shape index (κ3) is 3.61. The number of carboxylic acids is 1. The number of carboxylic acid groups (broad SMARTS) is 1. The van der Waals surface area contributed by atoms with Crippen LogP contribution in [0.2, 0.25) is 0 Å². The standard InChI is InChI=1S/C16H22BrNO2/c1-11-5-3-4-6-15(11)18(2)10-13-8-7-12(16(19)20)9-14(13)17/h7-9,11,15H,3-6,10H2,1-2H3,(H,19,20). The fourth-order valence-electron chi connectivity index (χ4n) is 3.15. The number of hydrogen-bond donors (Lipinski definition) is 1. The first-order valence-corrected chi connectivity index (χ1v) is 8.00. The molecule has 0 spiro atoms. The molecule has 0 aliphatic heterocycles. The summed E-state index contributed by atoms with van der Waals surface area (Å²) in [6, 6.07) is 5.92. The van der Waals surface area contributed by atoms with Crippen LogP contribution in [-0.2, 0) is 6.54 Å². The Hall–Kier alpha value is -0.870. The summed E-state index contributed by atoms with van der Waals surface area (Å²) in [5.74, 6) is -0.141. The lowest BCUT2D eigenvalue weighted by Gasteiger charge is -2.36. The number of rotatable bonds is 4. The zero-order valence-electron chi connectivity index (χ0n) is 12.1. The molecule has 2 rings (SSSR count). The van der Waals surface area contributed by atoms with Gasteiger partial charge in [0.05, 0.1) is 5.56 Å². The maximum atomic E-state index is 10.9. The highest BCUT2D eigenvalue weighted by atomic mass is 79.9. The van der Waals surface area contributed by atoms with Crippen LogP contribution in [-0.4, -0.2) is 29.1 Å². The molecule has 110 valence electrons. The molecule has 1 aromatic carbocycles. The second-order valence-electron chi connectivity index (χ2n) is 5.86. The van der Waals surface area contributed by atoms with Gasteiger partial charge in [-0.25, -0.2) is 4.79 Å². The lowest BCUT2D eigenvalue weighted by atomic mass is 9.85. The Labute approximate surface area is 129 Å². The predicted octanol–water partition coefficient (Wildman–Crippen LogP) is 4.16. The summed E-state index contributed by atoms with van der Waals surface area (Å²) in [4.78, 5) is 13.4. The molecule has 0 bridgehead atoms. The summed E-state index contributed by atoms with van der Waals surface area (Å²) < 4.78 is 0.882. The maximum absolute atomic E-state index is 10.9. The molecule has 1 fully saturated rings. The van der Waals surface area contributed by atoms with Crippen molar-refractivity contribution in [2.24, 2.45) is 5.92 Å². The molecule has 2 unspecified atom stereocenters. The third-order valence-corrected chi connectivity index (χ3v) is 5.09. The minimum atomic E-state index is -0.883. The Morgan fingerprint density at radius 1 is 1.40 bits per heavy atom. The Morgan fingerprint density at radius 2 is 2.10 bits per heavy atom. The number of carbonyl (C=O) groups is 1. The minimum absolute atomic E-state index is 0.328. The van der Waals surface area contributed by atoms with Gasteiger partial charge in [-0.05, 0) is 43.5 Å². The molecule has 0 radical (unpaired) electrons. The van der Waals surface area contributed by atoms with E-state index in [1.807, 2.05) is 6.07 Å². The molecule has 1 saturated carbocycles. The molecular weight excluding hydrogens is 318 g/mol.